The Balaban J connectivity index is 2.18. The fourth-order valence-electron chi connectivity index (χ4n) is 1.95. The van der Waals surface area contributed by atoms with Crippen LogP contribution in [0.5, 0.6) is 5.75 Å². The first-order chi connectivity index (χ1) is 9.24. The van der Waals surface area contributed by atoms with Crippen LogP contribution >= 0.6 is 0 Å². The van der Waals surface area contributed by atoms with Crippen molar-refractivity contribution in [3.05, 3.63) is 47.7 Å². The van der Waals surface area contributed by atoms with Crippen LogP contribution in [0.1, 0.15) is 11.1 Å². The number of anilines is 1. The standard InChI is InChI=1S/C14H18N4O/c1-18(14-12(9-15)6-7-16-17-14)10-11-4-3-5-13(8-11)19-2/h3-8H,9-10,15H2,1-2H3. The molecule has 2 rings (SSSR count). The Labute approximate surface area is 113 Å². The number of hydrogen-bond donors (Lipinski definition) is 1. The summed E-state index contributed by atoms with van der Waals surface area (Å²) in [6.07, 6.45) is 1.66. The second-order valence-corrected chi connectivity index (χ2v) is 4.29. The highest BCUT2D eigenvalue weighted by atomic mass is 16.5. The molecule has 5 heteroatoms. The van der Waals surface area contributed by atoms with Gasteiger partial charge in [0, 0.05) is 25.7 Å². The number of hydrogen-bond acceptors (Lipinski definition) is 5. The van der Waals surface area contributed by atoms with Crippen molar-refractivity contribution in [2.75, 3.05) is 19.1 Å². The molecular weight excluding hydrogens is 240 g/mol. The molecule has 0 saturated heterocycles. The Morgan fingerprint density at radius 3 is 2.89 bits per heavy atom. The summed E-state index contributed by atoms with van der Waals surface area (Å²) in [6, 6.07) is 9.86. The first-order valence-electron chi connectivity index (χ1n) is 6.09. The van der Waals surface area contributed by atoms with Gasteiger partial charge in [-0.25, -0.2) is 0 Å². The van der Waals surface area contributed by atoms with Crippen molar-refractivity contribution in [2.24, 2.45) is 5.73 Å². The zero-order chi connectivity index (χ0) is 13.7. The predicted octanol–water partition coefficient (Wildman–Crippen LogP) is 1.58. The molecule has 0 unspecified atom stereocenters. The lowest BCUT2D eigenvalue weighted by Crippen LogP contribution is -2.20. The zero-order valence-corrected chi connectivity index (χ0v) is 11.2. The lowest BCUT2D eigenvalue weighted by molar-refractivity contribution is 0.414. The van der Waals surface area contributed by atoms with Gasteiger partial charge in [-0.1, -0.05) is 12.1 Å². The van der Waals surface area contributed by atoms with Crippen LogP contribution in [0, 0.1) is 0 Å². The van der Waals surface area contributed by atoms with E-state index < -0.39 is 0 Å². The van der Waals surface area contributed by atoms with E-state index in [2.05, 4.69) is 16.3 Å². The Hall–Kier alpha value is -2.14. The first kappa shape index (κ1) is 13.3. The average Bonchev–Trinajstić information content (AvgIpc) is 2.47. The summed E-state index contributed by atoms with van der Waals surface area (Å²) >= 11 is 0. The number of nitrogens with two attached hydrogens (primary N) is 1. The Bertz CT molecular complexity index is 544. The van der Waals surface area contributed by atoms with E-state index in [-0.39, 0.29) is 0 Å². The van der Waals surface area contributed by atoms with Crippen LogP contribution in [-0.2, 0) is 13.1 Å². The van der Waals surface area contributed by atoms with Gasteiger partial charge in [-0.15, -0.1) is 5.10 Å². The minimum absolute atomic E-state index is 0.452. The summed E-state index contributed by atoms with van der Waals surface area (Å²) < 4.78 is 5.22. The number of benzene rings is 1. The summed E-state index contributed by atoms with van der Waals surface area (Å²) in [5.74, 6) is 1.66. The van der Waals surface area contributed by atoms with Crippen molar-refractivity contribution >= 4 is 5.82 Å². The van der Waals surface area contributed by atoms with Crippen LogP contribution in [0.3, 0.4) is 0 Å². The van der Waals surface area contributed by atoms with Gasteiger partial charge in [0.25, 0.3) is 0 Å². The van der Waals surface area contributed by atoms with Crippen LogP contribution in [0.25, 0.3) is 0 Å². The SMILES string of the molecule is COc1cccc(CN(C)c2nnccc2CN)c1. The monoisotopic (exact) mass is 258 g/mol. The van der Waals surface area contributed by atoms with Crippen molar-refractivity contribution in [1.82, 2.24) is 10.2 Å². The molecule has 1 heterocycles. The molecular formula is C14H18N4O. The molecule has 0 fully saturated rings. The first-order valence-corrected chi connectivity index (χ1v) is 6.09. The highest BCUT2D eigenvalue weighted by Gasteiger charge is 2.09. The van der Waals surface area contributed by atoms with Crippen LogP contribution < -0.4 is 15.4 Å². The normalized spacial score (nSPS) is 10.3. The molecule has 0 aliphatic carbocycles. The third-order valence-corrected chi connectivity index (χ3v) is 2.92. The molecule has 1 aromatic carbocycles. The molecule has 1 aromatic heterocycles. The van der Waals surface area contributed by atoms with E-state index in [1.807, 2.05) is 36.2 Å². The Kier molecular flexibility index (Phi) is 4.30. The van der Waals surface area contributed by atoms with Crippen molar-refractivity contribution in [2.45, 2.75) is 13.1 Å². The van der Waals surface area contributed by atoms with Crippen molar-refractivity contribution in [3.8, 4) is 5.75 Å². The maximum Gasteiger partial charge on any atom is 0.155 e. The molecule has 0 atom stereocenters. The van der Waals surface area contributed by atoms with Gasteiger partial charge in [-0.05, 0) is 23.8 Å². The molecule has 0 aliphatic heterocycles. The molecule has 0 spiro atoms. The van der Waals surface area contributed by atoms with Gasteiger partial charge in [0.15, 0.2) is 5.82 Å². The lowest BCUT2D eigenvalue weighted by Gasteiger charge is -2.20. The van der Waals surface area contributed by atoms with Gasteiger partial charge in [0.2, 0.25) is 0 Å². The van der Waals surface area contributed by atoms with Crippen molar-refractivity contribution < 1.29 is 4.74 Å². The number of nitrogens with zero attached hydrogens (tertiary/aromatic N) is 3. The number of methoxy groups -OCH3 is 1. The lowest BCUT2D eigenvalue weighted by atomic mass is 10.2. The van der Waals surface area contributed by atoms with Gasteiger partial charge in [-0.2, -0.15) is 5.10 Å². The second-order valence-electron chi connectivity index (χ2n) is 4.29. The minimum atomic E-state index is 0.452. The molecule has 19 heavy (non-hydrogen) atoms. The Morgan fingerprint density at radius 2 is 2.16 bits per heavy atom. The van der Waals surface area contributed by atoms with E-state index in [4.69, 9.17) is 10.5 Å². The summed E-state index contributed by atoms with van der Waals surface area (Å²) in [4.78, 5) is 2.03. The van der Waals surface area contributed by atoms with Gasteiger partial charge in [0.1, 0.15) is 5.75 Å². The predicted molar refractivity (Wildman–Crippen MR) is 75.0 cm³/mol. The fourth-order valence-corrected chi connectivity index (χ4v) is 1.95. The fraction of sp³-hybridized carbons (Fsp3) is 0.286. The quantitative estimate of drug-likeness (QED) is 0.882. The number of aromatic nitrogens is 2. The van der Waals surface area contributed by atoms with E-state index in [9.17, 15) is 0 Å². The zero-order valence-electron chi connectivity index (χ0n) is 11.2. The van der Waals surface area contributed by atoms with Crippen LogP contribution in [0.15, 0.2) is 36.5 Å². The summed E-state index contributed by atoms with van der Waals surface area (Å²) in [5, 5.41) is 8.07. The van der Waals surface area contributed by atoms with Gasteiger partial charge in [-0.3, -0.25) is 0 Å². The highest BCUT2D eigenvalue weighted by molar-refractivity contribution is 5.45. The number of rotatable bonds is 5. The van der Waals surface area contributed by atoms with Crippen LogP contribution in [0.4, 0.5) is 5.82 Å². The maximum atomic E-state index is 5.71. The molecule has 5 nitrogen and oxygen atoms in total. The molecule has 0 bridgehead atoms. The summed E-state index contributed by atoms with van der Waals surface area (Å²) in [6.45, 7) is 1.18. The highest BCUT2D eigenvalue weighted by Crippen LogP contribution is 2.19. The molecule has 2 aromatic rings. The van der Waals surface area contributed by atoms with Gasteiger partial charge < -0.3 is 15.4 Å². The third kappa shape index (κ3) is 3.20. The van der Waals surface area contributed by atoms with Crippen molar-refractivity contribution in [1.29, 1.82) is 0 Å². The van der Waals surface area contributed by atoms with Gasteiger partial charge >= 0.3 is 0 Å². The van der Waals surface area contributed by atoms with E-state index in [0.29, 0.717) is 6.54 Å². The summed E-state index contributed by atoms with van der Waals surface area (Å²) in [5.41, 5.74) is 7.85. The largest absolute Gasteiger partial charge is 0.497 e. The van der Waals surface area contributed by atoms with E-state index >= 15 is 0 Å². The molecule has 0 aliphatic rings. The smallest absolute Gasteiger partial charge is 0.155 e. The van der Waals surface area contributed by atoms with Gasteiger partial charge in [0.05, 0.1) is 13.3 Å². The summed E-state index contributed by atoms with van der Waals surface area (Å²) in [7, 11) is 3.64. The van der Waals surface area contributed by atoms with E-state index in [1.54, 1.807) is 13.3 Å². The van der Waals surface area contributed by atoms with Crippen LogP contribution in [0.2, 0.25) is 0 Å². The molecule has 0 radical (unpaired) electrons. The minimum Gasteiger partial charge on any atom is -0.497 e. The molecule has 2 N–H and O–H groups in total. The van der Waals surface area contributed by atoms with Crippen LogP contribution in [-0.4, -0.2) is 24.4 Å². The van der Waals surface area contributed by atoms with Crippen molar-refractivity contribution in [3.63, 3.8) is 0 Å². The maximum absolute atomic E-state index is 5.71. The Morgan fingerprint density at radius 1 is 1.32 bits per heavy atom. The average molecular weight is 258 g/mol. The molecule has 0 amide bonds. The number of ether oxygens (including phenoxy) is 1. The second kappa shape index (κ2) is 6.15. The topological polar surface area (TPSA) is 64.3 Å². The molecule has 0 saturated carbocycles. The van der Waals surface area contributed by atoms with E-state index in [1.165, 1.54) is 0 Å². The van der Waals surface area contributed by atoms with E-state index in [0.717, 1.165) is 29.2 Å². The third-order valence-electron chi connectivity index (χ3n) is 2.92. The molecule has 100 valence electrons.